The first-order chi connectivity index (χ1) is 10.1. The molecule has 114 valence electrons. The third-order valence-electron chi connectivity index (χ3n) is 4.79. The SMILES string of the molecule is CCOC(=O)C1(CC)OC12CCCc1ccc(OC)cc12. The first-order valence-corrected chi connectivity index (χ1v) is 7.68. The average molecular weight is 290 g/mol. The molecule has 2 unspecified atom stereocenters. The van der Waals surface area contributed by atoms with Crippen molar-refractivity contribution in [3.8, 4) is 5.75 Å². The molecule has 0 bridgehead atoms. The van der Waals surface area contributed by atoms with Gasteiger partial charge in [0.05, 0.1) is 13.7 Å². The van der Waals surface area contributed by atoms with Gasteiger partial charge in [0.1, 0.15) is 11.4 Å². The molecule has 0 radical (unpaired) electrons. The van der Waals surface area contributed by atoms with Crippen LogP contribution in [0.5, 0.6) is 5.75 Å². The van der Waals surface area contributed by atoms with Crippen LogP contribution in [-0.4, -0.2) is 25.3 Å². The number of hydrogen-bond donors (Lipinski definition) is 0. The van der Waals surface area contributed by atoms with Crippen molar-refractivity contribution in [2.24, 2.45) is 0 Å². The Morgan fingerprint density at radius 3 is 2.86 bits per heavy atom. The molecule has 1 aromatic carbocycles. The second-order valence-electron chi connectivity index (χ2n) is 5.71. The molecule has 0 aromatic heterocycles. The highest BCUT2D eigenvalue weighted by Gasteiger charge is 2.75. The fourth-order valence-corrected chi connectivity index (χ4v) is 3.69. The van der Waals surface area contributed by atoms with Crippen molar-refractivity contribution in [2.45, 2.75) is 50.7 Å². The molecule has 2 atom stereocenters. The highest BCUT2D eigenvalue weighted by Crippen LogP contribution is 2.63. The molecule has 2 aliphatic rings. The molecule has 21 heavy (non-hydrogen) atoms. The highest BCUT2D eigenvalue weighted by molar-refractivity contribution is 5.86. The molecular formula is C17H22O4. The average Bonchev–Trinajstić information content (AvgIpc) is 3.17. The summed E-state index contributed by atoms with van der Waals surface area (Å²) < 4.78 is 16.7. The Morgan fingerprint density at radius 2 is 2.19 bits per heavy atom. The summed E-state index contributed by atoms with van der Waals surface area (Å²) in [5.41, 5.74) is 1.02. The van der Waals surface area contributed by atoms with Gasteiger partial charge >= 0.3 is 5.97 Å². The van der Waals surface area contributed by atoms with Crippen LogP contribution >= 0.6 is 0 Å². The number of ether oxygens (including phenoxy) is 3. The molecule has 1 fully saturated rings. The second kappa shape index (κ2) is 5.02. The van der Waals surface area contributed by atoms with Crippen LogP contribution in [-0.2, 0) is 26.3 Å². The van der Waals surface area contributed by atoms with Gasteiger partial charge in [-0.1, -0.05) is 13.0 Å². The van der Waals surface area contributed by atoms with Crippen molar-refractivity contribution in [1.82, 2.24) is 0 Å². The van der Waals surface area contributed by atoms with E-state index in [1.807, 2.05) is 26.0 Å². The Balaban J connectivity index is 2.04. The summed E-state index contributed by atoms with van der Waals surface area (Å²) in [6, 6.07) is 6.08. The zero-order valence-corrected chi connectivity index (χ0v) is 12.9. The normalized spacial score (nSPS) is 29.9. The highest BCUT2D eigenvalue weighted by atomic mass is 16.7. The standard InChI is InChI=1S/C17H22O4/c1-4-16(15(18)20-5-2)17(21-16)10-6-7-12-8-9-13(19-3)11-14(12)17/h8-9,11H,4-7,10H2,1-3H3. The third-order valence-corrected chi connectivity index (χ3v) is 4.79. The summed E-state index contributed by atoms with van der Waals surface area (Å²) in [5, 5.41) is 0. The van der Waals surface area contributed by atoms with Gasteiger partial charge in [0, 0.05) is 0 Å². The van der Waals surface area contributed by atoms with Gasteiger partial charge in [-0.2, -0.15) is 0 Å². The van der Waals surface area contributed by atoms with Crippen LogP contribution in [0.2, 0.25) is 0 Å². The van der Waals surface area contributed by atoms with Gasteiger partial charge in [-0.3, -0.25) is 0 Å². The largest absolute Gasteiger partial charge is 0.497 e. The molecule has 1 heterocycles. The van der Waals surface area contributed by atoms with E-state index in [0.29, 0.717) is 13.0 Å². The maximum atomic E-state index is 12.4. The zero-order valence-electron chi connectivity index (χ0n) is 12.9. The monoisotopic (exact) mass is 290 g/mol. The lowest BCUT2D eigenvalue weighted by Crippen LogP contribution is -2.36. The first-order valence-electron chi connectivity index (χ1n) is 7.68. The van der Waals surface area contributed by atoms with Crippen LogP contribution in [0.4, 0.5) is 0 Å². The van der Waals surface area contributed by atoms with Crippen LogP contribution < -0.4 is 4.74 Å². The van der Waals surface area contributed by atoms with Crippen LogP contribution in [0.15, 0.2) is 18.2 Å². The van der Waals surface area contributed by atoms with Gasteiger partial charge in [-0.05, 0) is 55.9 Å². The number of carbonyl (C=O) groups is 1. The Morgan fingerprint density at radius 1 is 1.38 bits per heavy atom. The maximum Gasteiger partial charge on any atom is 0.341 e. The molecule has 0 N–H and O–H groups in total. The molecule has 3 rings (SSSR count). The van der Waals surface area contributed by atoms with Gasteiger partial charge in [0.2, 0.25) is 0 Å². The van der Waals surface area contributed by atoms with E-state index in [1.165, 1.54) is 5.56 Å². The second-order valence-corrected chi connectivity index (χ2v) is 5.71. The van der Waals surface area contributed by atoms with E-state index in [9.17, 15) is 4.79 Å². The molecule has 1 aromatic rings. The maximum absolute atomic E-state index is 12.4. The van der Waals surface area contributed by atoms with Crippen molar-refractivity contribution in [2.75, 3.05) is 13.7 Å². The Labute approximate surface area is 125 Å². The molecule has 4 nitrogen and oxygen atoms in total. The number of rotatable bonds is 4. The minimum absolute atomic E-state index is 0.233. The fourth-order valence-electron chi connectivity index (χ4n) is 3.69. The van der Waals surface area contributed by atoms with Crippen molar-refractivity contribution in [1.29, 1.82) is 0 Å². The summed E-state index contributed by atoms with van der Waals surface area (Å²) in [6.45, 7) is 4.19. The van der Waals surface area contributed by atoms with Crippen molar-refractivity contribution in [3.63, 3.8) is 0 Å². The molecule has 0 saturated carbocycles. The lowest BCUT2D eigenvalue weighted by atomic mass is 9.74. The minimum Gasteiger partial charge on any atom is -0.497 e. The quantitative estimate of drug-likeness (QED) is 0.632. The summed E-state index contributed by atoms with van der Waals surface area (Å²) in [5.74, 6) is 0.572. The lowest BCUT2D eigenvalue weighted by molar-refractivity contribution is -0.149. The number of esters is 1. The number of aryl methyl sites for hydroxylation is 1. The molecule has 1 aliphatic heterocycles. The van der Waals surface area contributed by atoms with Crippen molar-refractivity contribution >= 4 is 5.97 Å². The first kappa shape index (κ1) is 14.4. The number of benzene rings is 1. The Kier molecular flexibility index (Phi) is 3.44. The van der Waals surface area contributed by atoms with E-state index in [4.69, 9.17) is 14.2 Å². The van der Waals surface area contributed by atoms with Crippen molar-refractivity contribution < 1.29 is 19.0 Å². The molecule has 4 heteroatoms. The fraction of sp³-hybridized carbons (Fsp3) is 0.588. The molecule has 0 amide bonds. The van der Waals surface area contributed by atoms with Crippen LogP contribution in [0, 0.1) is 0 Å². The van der Waals surface area contributed by atoms with E-state index in [0.717, 1.165) is 30.6 Å². The predicted octanol–water partition coefficient (Wildman–Crippen LogP) is 2.97. The van der Waals surface area contributed by atoms with Crippen LogP contribution in [0.1, 0.15) is 44.2 Å². The van der Waals surface area contributed by atoms with Crippen molar-refractivity contribution in [3.05, 3.63) is 29.3 Å². The number of methoxy groups -OCH3 is 1. The minimum atomic E-state index is -0.815. The third kappa shape index (κ3) is 1.89. The molecule has 1 spiro atoms. The summed E-state index contributed by atoms with van der Waals surface area (Å²) in [7, 11) is 1.66. The predicted molar refractivity (Wildman–Crippen MR) is 78.4 cm³/mol. The lowest BCUT2D eigenvalue weighted by Gasteiger charge is -2.26. The molecule has 1 aliphatic carbocycles. The van der Waals surface area contributed by atoms with E-state index < -0.39 is 11.2 Å². The number of fused-ring (bicyclic) bond motifs is 2. The smallest absolute Gasteiger partial charge is 0.341 e. The van der Waals surface area contributed by atoms with Crippen LogP contribution in [0.25, 0.3) is 0 Å². The van der Waals surface area contributed by atoms with E-state index in [-0.39, 0.29) is 5.97 Å². The molecular weight excluding hydrogens is 268 g/mol. The van der Waals surface area contributed by atoms with Gasteiger partial charge in [0.15, 0.2) is 5.60 Å². The summed E-state index contributed by atoms with van der Waals surface area (Å²) >= 11 is 0. The number of carbonyl (C=O) groups excluding carboxylic acids is 1. The van der Waals surface area contributed by atoms with E-state index in [1.54, 1.807) is 7.11 Å². The number of epoxide rings is 1. The summed E-state index contributed by atoms with van der Waals surface area (Å²) in [6.07, 6.45) is 3.54. The summed E-state index contributed by atoms with van der Waals surface area (Å²) in [4.78, 5) is 12.4. The number of hydrogen-bond acceptors (Lipinski definition) is 4. The van der Waals surface area contributed by atoms with Crippen LogP contribution in [0.3, 0.4) is 0 Å². The van der Waals surface area contributed by atoms with Gasteiger partial charge in [0.25, 0.3) is 0 Å². The van der Waals surface area contributed by atoms with Gasteiger partial charge in [-0.15, -0.1) is 0 Å². The van der Waals surface area contributed by atoms with Gasteiger partial charge in [-0.25, -0.2) is 4.79 Å². The van der Waals surface area contributed by atoms with Gasteiger partial charge < -0.3 is 14.2 Å². The molecule has 1 saturated heterocycles. The van der Waals surface area contributed by atoms with E-state index in [2.05, 4.69) is 6.07 Å². The Hall–Kier alpha value is -1.55. The zero-order chi connectivity index (χ0) is 15.1. The topological polar surface area (TPSA) is 48.1 Å². The Bertz CT molecular complexity index is 568. The van der Waals surface area contributed by atoms with E-state index >= 15 is 0 Å².